The molecule has 0 amide bonds. The summed E-state index contributed by atoms with van der Waals surface area (Å²) in [7, 11) is 1.96. The van der Waals surface area contributed by atoms with E-state index in [0.29, 0.717) is 0 Å². The van der Waals surface area contributed by atoms with Gasteiger partial charge >= 0.3 is 0 Å². The van der Waals surface area contributed by atoms with Gasteiger partial charge in [0.1, 0.15) is 0 Å². The minimum atomic E-state index is 1.23. The lowest BCUT2D eigenvalue weighted by Crippen LogP contribution is -1.95. The van der Waals surface area contributed by atoms with E-state index in [1.165, 1.54) is 22.4 Å². The van der Waals surface area contributed by atoms with Crippen molar-refractivity contribution in [1.82, 2.24) is 0 Å². The minimum Gasteiger partial charge on any atom is -0.388 e. The van der Waals surface area contributed by atoms with Crippen LogP contribution in [0.4, 0.5) is 5.69 Å². The Balaban J connectivity index is 3.25. The van der Waals surface area contributed by atoms with Crippen molar-refractivity contribution < 1.29 is 0 Å². The number of anilines is 1. The van der Waals surface area contributed by atoms with Gasteiger partial charge in [0.25, 0.3) is 0 Å². The van der Waals surface area contributed by atoms with Gasteiger partial charge in [0.2, 0.25) is 0 Å². The summed E-state index contributed by atoms with van der Waals surface area (Å²) in [6.07, 6.45) is 0. The van der Waals surface area contributed by atoms with Crippen LogP contribution in [0.3, 0.4) is 0 Å². The fourth-order valence-corrected chi connectivity index (χ4v) is 1.23. The molecule has 1 aromatic carbocycles. The molecule has 0 aromatic heterocycles. The van der Waals surface area contributed by atoms with E-state index >= 15 is 0 Å². The average Bonchev–Trinajstić information content (AvgIpc) is 2.01. The predicted molar refractivity (Wildman–Crippen MR) is 50.2 cm³/mol. The fraction of sp³-hybridized carbons (Fsp3) is 0.400. The summed E-state index contributed by atoms with van der Waals surface area (Å²) in [6.45, 7) is 6.45. The zero-order valence-corrected chi connectivity index (χ0v) is 7.65. The van der Waals surface area contributed by atoms with Crippen LogP contribution in [0.1, 0.15) is 16.7 Å². The largest absolute Gasteiger partial charge is 0.388 e. The van der Waals surface area contributed by atoms with Crippen molar-refractivity contribution in [1.29, 1.82) is 0 Å². The highest BCUT2D eigenvalue weighted by Crippen LogP contribution is 2.20. The minimum absolute atomic E-state index is 1.23. The molecule has 0 aliphatic carbocycles. The molecule has 11 heavy (non-hydrogen) atoms. The fourth-order valence-electron chi connectivity index (χ4n) is 1.23. The Morgan fingerprint density at radius 2 is 1.64 bits per heavy atom. The van der Waals surface area contributed by atoms with Gasteiger partial charge in [-0.3, -0.25) is 0 Å². The second kappa shape index (κ2) is 2.95. The normalized spacial score (nSPS) is 9.82. The van der Waals surface area contributed by atoms with Gasteiger partial charge in [-0.05, 0) is 43.5 Å². The van der Waals surface area contributed by atoms with Crippen LogP contribution in [0, 0.1) is 20.8 Å². The summed E-state index contributed by atoms with van der Waals surface area (Å²) >= 11 is 0. The Bertz CT molecular complexity index is 264. The topological polar surface area (TPSA) is 12.0 Å². The van der Waals surface area contributed by atoms with Crippen LogP contribution >= 0.6 is 0 Å². The number of rotatable bonds is 1. The molecule has 0 aliphatic rings. The lowest BCUT2D eigenvalue weighted by molar-refractivity contribution is 1.26. The third-order valence-corrected chi connectivity index (χ3v) is 2.33. The number of hydrogen-bond acceptors (Lipinski definition) is 1. The van der Waals surface area contributed by atoms with E-state index in [2.05, 4.69) is 38.2 Å². The molecule has 0 bridgehead atoms. The van der Waals surface area contributed by atoms with E-state index in [-0.39, 0.29) is 0 Å². The van der Waals surface area contributed by atoms with Crippen LogP contribution in [-0.4, -0.2) is 7.05 Å². The molecule has 0 unspecified atom stereocenters. The van der Waals surface area contributed by atoms with E-state index in [4.69, 9.17) is 0 Å². The molecule has 0 fully saturated rings. The van der Waals surface area contributed by atoms with Crippen molar-refractivity contribution in [2.75, 3.05) is 12.4 Å². The number of aryl methyl sites for hydroxylation is 1. The second-order valence-electron chi connectivity index (χ2n) is 2.93. The quantitative estimate of drug-likeness (QED) is 0.647. The van der Waals surface area contributed by atoms with Gasteiger partial charge in [-0.2, -0.15) is 0 Å². The van der Waals surface area contributed by atoms with Gasteiger partial charge < -0.3 is 5.32 Å². The Kier molecular flexibility index (Phi) is 2.18. The smallest absolute Gasteiger partial charge is 0.0370 e. The highest BCUT2D eigenvalue weighted by Gasteiger charge is 2.00. The zero-order chi connectivity index (χ0) is 8.43. The number of nitrogens with one attached hydrogen (secondary N) is 1. The molecular weight excluding hydrogens is 134 g/mol. The molecule has 0 heterocycles. The third kappa shape index (κ3) is 1.37. The SMILES string of the molecule is CNc1ccc(C)c(C)c1C. The first kappa shape index (κ1) is 8.12. The number of hydrogen-bond donors (Lipinski definition) is 1. The molecular formula is C10H15N. The summed E-state index contributed by atoms with van der Waals surface area (Å²) in [5.41, 5.74) is 5.33. The molecule has 0 saturated heterocycles. The lowest BCUT2D eigenvalue weighted by atomic mass is 10.0. The van der Waals surface area contributed by atoms with Gasteiger partial charge in [0.15, 0.2) is 0 Å². The molecule has 1 aromatic rings. The third-order valence-electron chi connectivity index (χ3n) is 2.33. The van der Waals surface area contributed by atoms with Gasteiger partial charge in [-0.15, -0.1) is 0 Å². The molecule has 1 rings (SSSR count). The molecule has 60 valence electrons. The second-order valence-corrected chi connectivity index (χ2v) is 2.93. The van der Waals surface area contributed by atoms with E-state index in [9.17, 15) is 0 Å². The van der Waals surface area contributed by atoms with Crippen molar-refractivity contribution >= 4 is 5.69 Å². The highest BCUT2D eigenvalue weighted by molar-refractivity contribution is 5.55. The molecule has 0 saturated carbocycles. The molecule has 0 spiro atoms. The van der Waals surface area contributed by atoms with Gasteiger partial charge in [0, 0.05) is 12.7 Å². The maximum atomic E-state index is 3.16. The average molecular weight is 149 g/mol. The van der Waals surface area contributed by atoms with Crippen molar-refractivity contribution in [3.05, 3.63) is 28.8 Å². The Hall–Kier alpha value is -0.980. The van der Waals surface area contributed by atoms with Gasteiger partial charge in [-0.1, -0.05) is 6.07 Å². The van der Waals surface area contributed by atoms with Crippen LogP contribution < -0.4 is 5.32 Å². The molecule has 1 heteroatoms. The monoisotopic (exact) mass is 149 g/mol. The van der Waals surface area contributed by atoms with Crippen LogP contribution in [-0.2, 0) is 0 Å². The van der Waals surface area contributed by atoms with E-state index < -0.39 is 0 Å². The zero-order valence-electron chi connectivity index (χ0n) is 7.65. The van der Waals surface area contributed by atoms with Gasteiger partial charge in [-0.25, -0.2) is 0 Å². The Labute approximate surface area is 68.4 Å². The van der Waals surface area contributed by atoms with Crippen molar-refractivity contribution in [2.45, 2.75) is 20.8 Å². The van der Waals surface area contributed by atoms with Crippen molar-refractivity contribution in [3.63, 3.8) is 0 Å². The van der Waals surface area contributed by atoms with Crippen molar-refractivity contribution in [3.8, 4) is 0 Å². The molecule has 1 N–H and O–H groups in total. The van der Waals surface area contributed by atoms with Gasteiger partial charge in [0.05, 0.1) is 0 Å². The molecule has 0 radical (unpaired) electrons. The van der Waals surface area contributed by atoms with E-state index in [1.807, 2.05) is 7.05 Å². The van der Waals surface area contributed by atoms with Crippen molar-refractivity contribution in [2.24, 2.45) is 0 Å². The summed E-state index contributed by atoms with van der Waals surface area (Å²) in [5, 5.41) is 3.16. The first-order valence-electron chi connectivity index (χ1n) is 3.91. The van der Waals surface area contributed by atoms with E-state index in [0.717, 1.165) is 0 Å². The molecule has 0 aliphatic heterocycles. The standard InChI is InChI=1S/C10H15N/c1-7-5-6-10(11-4)9(3)8(7)2/h5-6,11H,1-4H3. The van der Waals surface area contributed by atoms with Crippen LogP contribution in [0.2, 0.25) is 0 Å². The summed E-state index contributed by atoms with van der Waals surface area (Å²) in [4.78, 5) is 0. The van der Waals surface area contributed by atoms with Crippen LogP contribution in [0.15, 0.2) is 12.1 Å². The molecule has 1 nitrogen and oxygen atoms in total. The first-order chi connectivity index (χ1) is 5.16. The lowest BCUT2D eigenvalue weighted by Gasteiger charge is -2.09. The maximum Gasteiger partial charge on any atom is 0.0370 e. The van der Waals surface area contributed by atoms with Crippen LogP contribution in [0.5, 0.6) is 0 Å². The predicted octanol–water partition coefficient (Wildman–Crippen LogP) is 2.65. The highest BCUT2D eigenvalue weighted by atomic mass is 14.8. The molecule has 0 atom stereocenters. The van der Waals surface area contributed by atoms with Crippen LogP contribution in [0.25, 0.3) is 0 Å². The maximum absolute atomic E-state index is 3.16. The summed E-state index contributed by atoms with van der Waals surface area (Å²) < 4.78 is 0. The Morgan fingerprint density at radius 3 is 2.18 bits per heavy atom. The van der Waals surface area contributed by atoms with E-state index in [1.54, 1.807) is 0 Å². The summed E-state index contributed by atoms with van der Waals surface area (Å²) in [5.74, 6) is 0. The first-order valence-corrected chi connectivity index (χ1v) is 3.91. The summed E-state index contributed by atoms with van der Waals surface area (Å²) in [6, 6.07) is 4.27. The number of benzene rings is 1. The Morgan fingerprint density at radius 1 is 1.00 bits per heavy atom.